The summed E-state index contributed by atoms with van der Waals surface area (Å²) in [5.74, 6) is -0.181. The van der Waals surface area contributed by atoms with Gasteiger partial charge in [-0.15, -0.1) is 0 Å². The first-order chi connectivity index (χ1) is 42.7. The Morgan fingerprint density at radius 2 is 0.770 bits per heavy atom. The fourth-order valence-corrected chi connectivity index (χ4v) is 11.8. The Bertz CT molecular complexity index is 1580. The minimum atomic E-state index is -1.57. The number of aliphatic hydroxyl groups excluding tert-OH is 5. The van der Waals surface area contributed by atoms with Crippen LogP contribution in [0.2, 0.25) is 0 Å². The highest BCUT2D eigenvalue weighted by atomic mass is 16.7. The molecule has 7 unspecified atom stereocenters. The van der Waals surface area contributed by atoms with E-state index >= 15 is 0 Å². The Morgan fingerprint density at radius 1 is 0.425 bits per heavy atom. The molecule has 0 aliphatic carbocycles. The van der Waals surface area contributed by atoms with Crippen molar-refractivity contribution in [2.45, 2.75) is 403 Å². The van der Waals surface area contributed by atoms with Crippen LogP contribution in [0.25, 0.3) is 0 Å². The van der Waals surface area contributed by atoms with Gasteiger partial charge in [0.25, 0.3) is 0 Å². The van der Waals surface area contributed by atoms with Gasteiger partial charge in [0.1, 0.15) is 24.4 Å². The molecule has 0 saturated carbocycles. The third-order valence-electron chi connectivity index (χ3n) is 17.7. The number of aliphatic hydroxyl groups is 5. The van der Waals surface area contributed by atoms with Crippen molar-refractivity contribution in [3.05, 3.63) is 48.6 Å². The zero-order valence-electron chi connectivity index (χ0n) is 56.7. The summed E-state index contributed by atoms with van der Waals surface area (Å²) >= 11 is 0. The topological polar surface area (TPSA) is 175 Å². The summed E-state index contributed by atoms with van der Waals surface area (Å²) < 4.78 is 16.7. The van der Waals surface area contributed by atoms with Gasteiger partial charge in [-0.25, -0.2) is 0 Å². The second-order valence-corrected chi connectivity index (χ2v) is 26.0. The van der Waals surface area contributed by atoms with Crippen LogP contribution >= 0.6 is 0 Å². The van der Waals surface area contributed by atoms with Crippen molar-refractivity contribution in [2.75, 3.05) is 19.8 Å². The Labute approximate surface area is 536 Å². The number of hydrogen-bond acceptors (Lipinski definition) is 10. The van der Waals surface area contributed by atoms with Gasteiger partial charge in [-0.1, -0.05) is 306 Å². The Kier molecular flexibility index (Phi) is 61.9. The van der Waals surface area contributed by atoms with E-state index in [2.05, 4.69) is 55.6 Å². The van der Waals surface area contributed by atoms with Gasteiger partial charge in [-0.05, 0) is 89.9 Å². The highest BCUT2D eigenvalue weighted by Crippen LogP contribution is 2.23. The van der Waals surface area contributed by atoms with Gasteiger partial charge in [-0.3, -0.25) is 9.59 Å². The fourth-order valence-electron chi connectivity index (χ4n) is 11.8. The van der Waals surface area contributed by atoms with Crippen molar-refractivity contribution >= 4 is 11.9 Å². The van der Waals surface area contributed by atoms with Crippen LogP contribution in [-0.2, 0) is 23.8 Å². The van der Waals surface area contributed by atoms with Crippen LogP contribution in [-0.4, -0.2) is 100 Å². The van der Waals surface area contributed by atoms with Gasteiger partial charge < -0.3 is 45.1 Å². The Morgan fingerprint density at radius 3 is 1.18 bits per heavy atom. The monoisotopic (exact) mass is 1230 g/mol. The molecule has 7 atom stereocenters. The number of hydrogen-bond donors (Lipinski definition) is 6. The third-order valence-corrected chi connectivity index (χ3v) is 17.7. The smallest absolute Gasteiger partial charge is 0.305 e. The molecule has 1 saturated heterocycles. The minimum absolute atomic E-state index is 0.00196. The van der Waals surface area contributed by atoms with Crippen LogP contribution in [0.15, 0.2) is 48.6 Å². The molecule has 0 bridgehead atoms. The van der Waals surface area contributed by atoms with Gasteiger partial charge in [0, 0.05) is 12.8 Å². The van der Waals surface area contributed by atoms with Crippen molar-refractivity contribution in [2.24, 2.45) is 0 Å². The molecule has 0 spiro atoms. The van der Waals surface area contributed by atoms with Crippen molar-refractivity contribution in [3.63, 3.8) is 0 Å². The number of unbranched alkanes of at least 4 members (excludes halogenated alkanes) is 46. The summed E-state index contributed by atoms with van der Waals surface area (Å²) in [6.45, 7) is 4.33. The molecule has 0 aromatic heterocycles. The van der Waals surface area contributed by atoms with Gasteiger partial charge >= 0.3 is 5.97 Å². The second-order valence-electron chi connectivity index (χ2n) is 26.0. The van der Waals surface area contributed by atoms with E-state index in [4.69, 9.17) is 14.2 Å². The summed E-state index contributed by atoms with van der Waals surface area (Å²) in [5.41, 5.74) is 0. The highest BCUT2D eigenvalue weighted by Gasteiger charge is 2.44. The molecule has 11 nitrogen and oxygen atoms in total. The fraction of sp³-hybridized carbons (Fsp3) is 0.868. The van der Waals surface area contributed by atoms with Gasteiger partial charge in [-0.2, -0.15) is 0 Å². The lowest BCUT2D eigenvalue weighted by Crippen LogP contribution is -2.60. The van der Waals surface area contributed by atoms with E-state index in [1.165, 1.54) is 270 Å². The lowest BCUT2D eigenvalue weighted by molar-refractivity contribution is -0.302. The van der Waals surface area contributed by atoms with E-state index in [-0.39, 0.29) is 18.5 Å². The van der Waals surface area contributed by atoms with Crippen molar-refractivity contribution in [3.8, 4) is 0 Å². The third kappa shape index (κ3) is 53.9. The largest absolute Gasteiger partial charge is 0.466 e. The van der Waals surface area contributed by atoms with Crippen LogP contribution in [0.4, 0.5) is 0 Å². The summed E-state index contributed by atoms with van der Waals surface area (Å²) in [6.07, 6.45) is 75.6. The number of nitrogens with one attached hydrogen (secondary N) is 1. The van der Waals surface area contributed by atoms with Gasteiger partial charge in [0.2, 0.25) is 5.91 Å². The molecule has 11 heteroatoms. The van der Waals surface area contributed by atoms with E-state index in [9.17, 15) is 35.1 Å². The van der Waals surface area contributed by atoms with Gasteiger partial charge in [0.15, 0.2) is 6.29 Å². The molecule has 510 valence electrons. The van der Waals surface area contributed by atoms with Gasteiger partial charge in [0.05, 0.1) is 32.0 Å². The number of rotatable bonds is 66. The molecule has 6 N–H and O–H groups in total. The van der Waals surface area contributed by atoms with Crippen LogP contribution in [0, 0.1) is 0 Å². The normalized spacial score (nSPS) is 18.1. The average Bonchev–Trinajstić information content (AvgIpc) is 3.20. The molecule has 0 radical (unpaired) electrons. The molecule has 1 heterocycles. The predicted molar refractivity (Wildman–Crippen MR) is 366 cm³/mol. The van der Waals surface area contributed by atoms with E-state index in [0.717, 1.165) is 64.2 Å². The summed E-state index contributed by atoms with van der Waals surface area (Å²) in [5, 5.41) is 54.4. The molecule has 1 rings (SSSR count). The van der Waals surface area contributed by atoms with Crippen LogP contribution in [0.1, 0.15) is 361 Å². The van der Waals surface area contributed by atoms with E-state index in [1.54, 1.807) is 6.08 Å². The van der Waals surface area contributed by atoms with Crippen LogP contribution in [0.5, 0.6) is 0 Å². The molecule has 1 amide bonds. The van der Waals surface area contributed by atoms with Crippen molar-refractivity contribution < 1.29 is 49.3 Å². The molecule has 87 heavy (non-hydrogen) atoms. The molecule has 1 aliphatic rings. The SMILES string of the molecule is CCCCCC/C=C\C/C=C\CCCCCCCC(=O)OCCCCCCCCCCCCCC/C=C\CCCCCCCCCCCCCCCCCCCC(=O)NC(COC1OC(CO)C(O)C(O)C1O)C(O)/C=C/CCCCCCCCCC. The Balaban J connectivity index is 1.90. The zero-order chi connectivity index (χ0) is 63.0. The molecule has 0 aromatic carbocycles. The standard InChI is InChI=1S/C76H141NO10/c1-3-5-7-9-11-13-15-16-17-38-41-44-48-52-56-60-64-72(81)85-65-61-57-53-49-45-42-39-36-34-32-30-28-26-24-22-20-18-19-21-23-25-27-29-31-33-35-37-40-43-47-51-55-59-63-71(80)77-68(67-86-76-75(84)74(83)73(82)70(66-78)87-76)69(79)62-58-54-50-46-14-12-10-8-6-4-2/h13,15,17,22,24,38,58,62,68-70,73-76,78-79,82-84H,3-12,14,16,18-21,23,25-37,39-57,59-61,63-67H2,1-2H3,(H,77,80)/b15-13-,24-22-,38-17-,62-58+. The number of allylic oxidation sites excluding steroid dienone is 7. The summed E-state index contributed by atoms with van der Waals surface area (Å²) in [6, 6.07) is -0.807. The number of carbonyl (C=O) groups is 2. The molecular weight excluding hydrogens is 1090 g/mol. The lowest BCUT2D eigenvalue weighted by Gasteiger charge is -2.40. The molecule has 0 aromatic rings. The van der Waals surface area contributed by atoms with E-state index in [0.29, 0.717) is 19.4 Å². The van der Waals surface area contributed by atoms with Crippen molar-refractivity contribution in [1.29, 1.82) is 0 Å². The first-order valence-corrected chi connectivity index (χ1v) is 37.4. The number of amides is 1. The quantitative estimate of drug-likeness (QED) is 0.0195. The lowest BCUT2D eigenvalue weighted by atomic mass is 9.99. The zero-order valence-corrected chi connectivity index (χ0v) is 56.7. The summed E-state index contributed by atoms with van der Waals surface area (Å²) in [7, 11) is 0. The molecule has 1 fully saturated rings. The van der Waals surface area contributed by atoms with Crippen LogP contribution in [0.3, 0.4) is 0 Å². The maximum atomic E-state index is 13.0. The van der Waals surface area contributed by atoms with E-state index < -0.39 is 49.5 Å². The predicted octanol–water partition coefficient (Wildman–Crippen LogP) is 19.5. The highest BCUT2D eigenvalue weighted by molar-refractivity contribution is 5.76. The molecule has 1 aliphatic heterocycles. The first kappa shape index (κ1) is 82.6. The first-order valence-electron chi connectivity index (χ1n) is 37.4. The minimum Gasteiger partial charge on any atom is -0.466 e. The van der Waals surface area contributed by atoms with E-state index in [1.807, 2.05) is 6.08 Å². The maximum absolute atomic E-state index is 13.0. The average molecular weight is 1230 g/mol. The number of ether oxygens (including phenoxy) is 3. The maximum Gasteiger partial charge on any atom is 0.305 e. The molecular formula is C76H141NO10. The number of carbonyl (C=O) groups excluding carboxylic acids is 2. The van der Waals surface area contributed by atoms with Crippen molar-refractivity contribution in [1.82, 2.24) is 5.32 Å². The number of esters is 1. The summed E-state index contributed by atoms with van der Waals surface area (Å²) in [4.78, 5) is 25.1. The Hall–Kier alpha value is -2.38. The van der Waals surface area contributed by atoms with Crippen LogP contribution < -0.4 is 5.32 Å². The second kappa shape index (κ2) is 65.1.